The number of esters is 1. The largest absolute Gasteiger partial charge is 0.481 e. The first-order valence-electron chi connectivity index (χ1n) is 19.9. The molecule has 0 aromatic carbocycles. The van der Waals surface area contributed by atoms with E-state index in [0.29, 0.717) is 23.7 Å². The van der Waals surface area contributed by atoms with Crippen LogP contribution >= 0.6 is 0 Å². The molecule has 2 N–H and O–H groups in total. The average molecular weight is 719 g/mol. The van der Waals surface area contributed by atoms with Crippen LogP contribution in [0, 0.1) is 62.1 Å². The molecule has 1 heterocycles. The summed E-state index contributed by atoms with van der Waals surface area (Å²) in [5.74, 6) is 0.840. The van der Waals surface area contributed by atoms with E-state index in [1.54, 1.807) is 20.0 Å². The van der Waals surface area contributed by atoms with Gasteiger partial charge in [-0.2, -0.15) is 0 Å². The zero-order chi connectivity index (χ0) is 37.6. The third-order valence-corrected chi connectivity index (χ3v) is 16.6. The number of carboxylic acids is 1. The van der Waals surface area contributed by atoms with E-state index in [9.17, 15) is 19.5 Å². The second-order valence-electron chi connectivity index (χ2n) is 20.3. The predicted molar refractivity (Wildman–Crippen MR) is 207 cm³/mol. The molecule has 5 fully saturated rings. The Morgan fingerprint density at radius 1 is 0.904 bits per heavy atom. The predicted octanol–water partition coefficient (Wildman–Crippen LogP) is 10.1. The number of amides is 1. The molecule has 1 aromatic heterocycles. The number of nitrogens with one attached hydrogen (secondary N) is 1. The van der Waals surface area contributed by atoms with Gasteiger partial charge in [0.15, 0.2) is 0 Å². The van der Waals surface area contributed by atoms with Gasteiger partial charge in [-0.3, -0.25) is 19.4 Å². The van der Waals surface area contributed by atoms with Crippen molar-refractivity contribution < 1.29 is 24.2 Å². The molecule has 0 spiro atoms. The molecule has 5 aliphatic carbocycles. The zero-order valence-corrected chi connectivity index (χ0v) is 33.3. The monoisotopic (exact) mass is 719 g/mol. The fourth-order valence-corrected chi connectivity index (χ4v) is 13.6. The number of hydrogen-bond acceptors (Lipinski definition) is 5. The molecule has 4 unspecified atom stereocenters. The lowest BCUT2D eigenvalue weighted by molar-refractivity contribution is -0.249. The van der Waals surface area contributed by atoms with Gasteiger partial charge in [0.1, 0.15) is 6.10 Å². The Morgan fingerprint density at radius 2 is 1.60 bits per heavy atom. The standard InChI is InChI=1S/C44H66N2O5.CH4/c1-27(2)28-17-22-44(36(48)46-40(7,8)32-14-12-13-25-45-32)24-23-42(10)29(35(28)44)15-16-31-41(9)20-19-33(51-34(47)26-38(3,4)37(49)50)39(5,6)30(41)18-21-43(31,42)11;/h12-14,25,28-31,33,35H,1,15-24,26H2,2-11H3,(H,46,48)(H,49,50);1H4/t28-,29?,30?,31?,33-,35?,41-,42+,43+,44-;/m0./s1. The molecule has 1 amide bonds. The number of aromatic nitrogens is 1. The molecule has 7 nitrogen and oxygen atoms in total. The summed E-state index contributed by atoms with van der Waals surface area (Å²) in [5, 5.41) is 13.1. The number of pyridine rings is 1. The van der Waals surface area contributed by atoms with Crippen LogP contribution in [0.15, 0.2) is 36.5 Å². The molecule has 52 heavy (non-hydrogen) atoms. The molecule has 6 rings (SSSR count). The Kier molecular flexibility index (Phi) is 10.3. The van der Waals surface area contributed by atoms with E-state index < -0.39 is 28.3 Å². The number of fused-ring (bicyclic) bond motifs is 7. The van der Waals surface area contributed by atoms with E-state index in [4.69, 9.17) is 4.74 Å². The van der Waals surface area contributed by atoms with Crippen LogP contribution in [0.3, 0.4) is 0 Å². The summed E-state index contributed by atoms with van der Waals surface area (Å²) in [4.78, 5) is 44.2. The Balaban J connectivity index is 0.00000523. The number of aliphatic carboxylic acids is 1. The maximum absolute atomic E-state index is 14.8. The Labute approximate surface area is 314 Å². The fourth-order valence-electron chi connectivity index (χ4n) is 13.6. The number of carbonyl (C=O) groups excluding carboxylic acids is 2. The maximum Gasteiger partial charge on any atom is 0.309 e. The molecule has 1 aromatic rings. The van der Waals surface area contributed by atoms with E-state index in [2.05, 4.69) is 72.3 Å². The summed E-state index contributed by atoms with van der Waals surface area (Å²) in [7, 11) is 0. The summed E-state index contributed by atoms with van der Waals surface area (Å²) in [6.07, 6.45) is 11.7. The minimum Gasteiger partial charge on any atom is -0.481 e. The second-order valence-corrected chi connectivity index (χ2v) is 20.3. The normalized spacial score (nSPS) is 39.3. The number of allylic oxidation sites excluding steroid dienone is 1. The molecule has 0 aliphatic heterocycles. The van der Waals surface area contributed by atoms with Crippen LogP contribution in [0.5, 0.6) is 0 Å². The SMILES string of the molecule is C.C=C(C)[C@@H]1CC[C@]2(C(=O)NC(C)(C)c3ccccn3)CC[C@]3(C)C(CCC4[C@@]5(C)CC[C@H](OC(=O)CC(C)(C)C(=O)O)C(C)(C)C5CC[C@]43C)C12. The van der Waals surface area contributed by atoms with Crippen molar-refractivity contribution in [1.82, 2.24) is 10.3 Å². The van der Waals surface area contributed by atoms with Gasteiger partial charge < -0.3 is 15.2 Å². The number of hydrogen-bond donors (Lipinski definition) is 2. The highest BCUT2D eigenvalue weighted by molar-refractivity contribution is 5.84. The van der Waals surface area contributed by atoms with E-state index in [1.807, 2.05) is 18.2 Å². The summed E-state index contributed by atoms with van der Waals surface area (Å²) in [6, 6.07) is 5.93. The topological polar surface area (TPSA) is 106 Å². The smallest absolute Gasteiger partial charge is 0.309 e. The molecule has 7 heteroatoms. The lowest BCUT2D eigenvalue weighted by atomic mass is 9.32. The Bertz CT molecular complexity index is 1570. The van der Waals surface area contributed by atoms with E-state index in [-0.39, 0.29) is 53.4 Å². The summed E-state index contributed by atoms with van der Waals surface area (Å²) in [6.45, 7) is 26.4. The van der Waals surface area contributed by atoms with Crippen LogP contribution in [-0.4, -0.2) is 34.0 Å². The molecule has 0 saturated heterocycles. The zero-order valence-electron chi connectivity index (χ0n) is 33.3. The van der Waals surface area contributed by atoms with Gasteiger partial charge in [0, 0.05) is 11.6 Å². The molecule has 5 saturated carbocycles. The van der Waals surface area contributed by atoms with Crippen molar-refractivity contribution in [3.05, 3.63) is 42.2 Å². The van der Waals surface area contributed by atoms with Crippen molar-refractivity contribution in [2.75, 3.05) is 0 Å². The third-order valence-electron chi connectivity index (χ3n) is 16.6. The lowest BCUT2D eigenvalue weighted by Gasteiger charge is -2.73. The highest BCUT2D eigenvalue weighted by Gasteiger charge is 2.72. The van der Waals surface area contributed by atoms with Gasteiger partial charge in [-0.25, -0.2) is 0 Å². The van der Waals surface area contributed by atoms with Crippen molar-refractivity contribution in [3.63, 3.8) is 0 Å². The summed E-state index contributed by atoms with van der Waals surface area (Å²) >= 11 is 0. The second kappa shape index (κ2) is 13.3. The third kappa shape index (κ3) is 5.97. The van der Waals surface area contributed by atoms with Crippen molar-refractivity contribution in [3.8, 4) is 0 Å². The van der Waals surface area contributed by atoms with E-state index >= 15 is 0 Å². The first-order chi connectivity index (χ1) is 23.6. The minimum absolute atomic E-state index is 0. The van der Waals surface area contributed by atoms with Crippen LogP contribution in [0.1, 0.15) is 153 Å². The summed E-state index contributed by atoms with van der Waals surface area (Å²) < 4.78 is 6.18. The van der Waals surface area contributed by atoms with Crippen LogP contribution < -0.4 is 5.32 Å². The number of carboxylic acid groups (broad SMARTS) is 1. The first-order valence-corrected chi connectivity index (χ1v) is 19.9. The number of nitrogens with zero attached hydrogens (tertiary/aromatic N) is 1. The van der Waals surface area contributed by atoms with E-state index in [1.165, 1.54) is 5.57 Å². The van der Waals surface area contributed by atoms with E-state index in [0.717, 1.165) is 69.9 Å². The Hall–Kier alpha value is -2.70. The molecule has 5 aliphatic rings. The lowest BCUT2D eigenvalue weighted by Crippen LogP contribution is -2.67. The van der Waals surface area contributed by atoms with Crippen LogP contribution in [0.25, 0.3) is 0 Å². The summed E-state index contributed by atoms with van der Waals surface area (Å²) in [5.41, 5.74) is 0.116. The highest BCUT2D eigenvalue weighted by Crippen LogP contribution is 2.77. The number of carbonyl (C=O) groups is 3. The van der Waals surface area contributed by atoms with Crippen LogP contribution in [0.4, 0.5) is 0 Å². The fraction of sp³-hybridized carbons (Fsp3) is 0.778. The molecule has 10 atom stereocenters. The van der Waals surface area contributed by atoms with Crippen LogP contribution in [0.2, 0.25) is 0 Å². The molecular weight excluding hydrogens is 649 g/mol. The van der Waals surface area contributed by atoms with Gasteiger partial charge in [0.2, 0.25) is 5.91 Å². The van der Waals surface area contributed by atoms with Gasteiger partial charge in [0.05, 0.1) is 28.5 Å². The van der Waals surface area contributed by atoms with Crippen molar-refractivity contribution in [1.29, 1.82) is 0 Å². The Morgan fingerprint density at radius 3 is 2.21 bits per heavy atom. The molecular formula is C45H70N2O5. The van der Waals surface area contributed by atoms with Crippen molar-refractivity contribution >= 4 is 17.8 Å². The van der Waals surface area contributed by atoms with Gasteiger partial charge in [-0.1, -0.05) is 60.3 Å². The molecule has 290 valence electrons. The van der Waals surface area contributed by atoms with Gasteiger partial charge >= 0.3 is 11.9 Å². The number of ether oxygens (including phenoxy) is 1. The first kappa shape index (κ1) is 40.5. The van der Waals surface area contributed by atoms with Gasteiger partial charge in [-0.05, 0) is 157 Å². The van der Waals surface area contributed by atoms with Crippen molar-refractivity contribution in [2.45, 2.75) is 159 Å². The van der Waals surface area contributed by atoms with Crippen molar-refractivity contribution in [2.24, 2.45) is 62.1 Å². The van der Waals surface area contributed by atoms with Gasteiger partial charge in [-0.15, -0.1) is 0 Å². The quantitative estimate of drug-likeness (QED) is 0.205. The highest BCUT2D eigenvalue weighted by atomic mass is 16.5. The van der Waals surface area contributed by atoms with Gasteiger partial charge in [0.25, 0.3) is 0 Å². The maximum atomic E-state index is 14.8. The van der Waals surface area contributed by atoms with Crippen LogP contribution in [-0.2, 0) is 24.7 Å². The average Bonchev–Trinajstić information content (AvgIpc) is 3.44. The molecule has 0 bridgehead atoms. The number of rotatable bonds is 8. The minimum atomic E-state index is -1.15. The molecule has 0 radical (unpaired) electrons.